The molecule has 1 saturated heterocycles. The van der Waals surface area contributed by atoms with Crippen LogP contribution in [0.5, 0.6) is 0 Å². The van der Waals surface area contributed by atoms with Gasteiger partial charge in [0, 0.05) is 25.2 Å². The number of nitrogens with zero attached hydrogens (tertiary/aromatic N) is 1. The van der Waals surface area contributed by atoms with Gasteiger partial charge in [-0.1, -0.05) is 12.1 Å². The monoisotopic (exact) mass is 286 g/mol. The largest absolute Gasteiger partial charge is 0.337 e. The summed E-state index contributed by atoms with van der Waals surface area (Å²) >= 11 is 1.69. The summed E-state index contributed by atoms with van der Waals surface area (Å²) in [5, 5.41) is 7.51. The zero-order chi connectivity index (χ0) is 13.8. The summed E-state index contributed by atoms with van der Waals surface area (Å²) in [6, 6.07) is 10.0. The molecule has 1 aliphatic heterocycles. The molecule has 2 aromatic rings. The van der Waals surface area contributed by atoms with Gasteiger partial charge in [-0.3, -0.25) is 4.79 Å². The standard InChI is InChI=1S/C16H18N2OS/c19-16(18-9-1-7-17-8-10-18)14-4-2-13(3-5-14)15-6-11-20-12-15/h2-6,11-12,17H,1,7-10H2. The van der Waals surface area contributed by atoms with Gasteiger partial charge in [0.1, 0.15) is 0 Å². The topological polar surface area (TPSA) is 32.3 Å². The van der Waals surface area contributed by atoms with E-state index < -0.39 is 0 Å². The minimum atomic E-state index is 0.144. The fourth-order valence-corrected chi connectivity index (χ4v) is 3.13. The Morgan fingerprint density at radius 3 is 2.65 bits per heavy atom. The van der Waals surface area contributed by atoms with Gasteiger partial charge in [0.15, 0.2) is 0 Å². The number of carbonyl (C=O) groups excluding carboxylic acids is 1. The molecule has 1 aromatic heterocycles. The lowest BCUT2D eigenvalue weighted by Crippen LogP contribution is -2.34. The Balaban J connectivity index is 1.75. The Morgan fingerprint density at radius 2 is 1.90 bits per heavy atom. The van der Waals surface area contributed by atoms with Crippen molar-refractivity contribution in [2.75, 3.05) is 26.2 Å². The van der Waals surface area contributed by atoms with Gasteiger partial charge in [0.25, 0.3) is 5.91 Å². The maximum atomic E-state index is 12.5. The van der Waals surface area contributed by atoms with E-state index in [2.05, 4.69) is 22.1 Å². The van der Waals surface area contributed by atoms with Crippen LogP contribution in [0.2, 0.25) is 0 Å². The van der Waals surface area contributed by atoms with Gasteiger partial charge in [0.05, 0.1) is 0 Å². The van der Waals surface area contributed by atoms with Crippen molar-refractivity contribution < 1.29 is 4.79 Å². The number of rotatable bonds is 2. The normalized spacial score (nSPS) is 15.9. The second kappa shape index (κ2) is 6.20. The molecule has 4 heteroatoms. The van der Waals surface area contributed by atoms with Gasteiger partial charge in [-0.05, 0) is 53.1 Å². The Bertz CT molecular complexity index is 555. The average molecular weight is 286 g/mol. The molecule has 0 atom stereocenters. The highest BCUT2D eigenvalue weighted by Gasteiger charge is 2.16. The van der Waals surface area contributed by atoms with E-state index in [0.29, 0.717) is 0 Å². The van der Waals surface area contributed by atoms with E-state index in [4.69, 9.17) is 0 Å². The molecule has 0 radical (unpaired) electrons. The van der Waals surface area contributed by atoms with Crippen molar-refractivity contribution in [1.82, 2.24) is 10.2 Å². The first-order chi connectivity index (χ1) is 9.84. The molecule has 1 N–H and O–H groups in total. The second-order valence-corrected chi connectivity index (χ2v) is 5.77. The van der Waals surface area contributed by atoms with Gasteiger partial charge in [-0.25, -0.2) is 0 Å². The van der Waals surface area contributed by atoms with Crippen LogP contribution in [0.1, 0.15) is 16.8 Å². The van der Waals surface area contributed by atoms with Gasteiger partial charge in [0.2, 0.25) is 0 Å². The van der Waals surface area contributed by atoms with E-state index in [1.807, 2.05) is 29.2 Å². The molecule has 20 heavy (non-hydrogen) atoms. The Morgan fingerprint density at radius 1 is 1.05 bits per heavy atom. The third-order valence-electron chi connectivity index (χ3n) is 3.61. The van der Waals surface area contributed by atoms with Crippen LogP contribution in [0, 0.1) is 0 Å². The number of hydrogen-bond acceptors (Lipinski definition) is 3. The Labute approximate surface area is 123 Å². The Hall–Kier alpha value is -1.65. The van der Waals surface area contributed by atoms with Crippen molar-refractivity contribution in [2.45, 2.75) is 6.42 Å². The molecule has 2 heterocycles. The highest BCUT2D eigenvalue weighted by Crippen LogP contribution is 2.22. The van der Waals surface area contributed by atoms with Crippen molar-refractivity contribution in [3.63, 3.8) is 0 Å². The second-order valence-electron chi connectivity index (χ2n) is 4.99. The fraction of sp³-hybridized carbons (Fsp3) is 0.312. The van der Waals surface area contributed by atoms with Crippen LogP contribution < -0.4 is 5.32 Å². The highest BCUT2D eigenvalue weighted by molar-refractivity contribution is 7.08. The predicted molar refractivity (Wildman–Crippen MR) is 83.1 cm³/mol. The summed E-state index contributed by atoms with van der Waals surface area (Å²) < 4.78 is 0. The molecule has 0 unspecified atom stereocenters. The first kappa shape index (κ1) is 13.3. The maximum absolute atomic E-state index is 12.5. The van der Waals surface area contributed by atoms with Crippen molar-refractivity contribution in [1.29, 1.82) is 0 Å². The number of benzene rings is 1. The average Bonchev–Trinajstić information content (AvgIpc) is 2.89. The van der Waals surface area contributed by atoms with Crippen LogP contribution in [0.4, 0.5) is 0 Å². The smallest absolute Gasteiger partial charge is 0.253 e. The third-order valence-corrected chi connectivity index (χ3v) is 4.30. The lowest BCUT2D eigenvalue weighted by Gasteiger charge is -2.20. The summed E-state index contributed by atoms with van der Waals surface area (Å²) in [6.45, 7) is 3.53. The lowest BCUT2D eigenvalue weighted by atomic mass is 10.1. The molecule has 1 amide bonds. The molecule has 1 aromatic carbocycles. The zero-order valence-corrected chi connectivity index (χ0v) is 12.2. The molecule has 0 spiro atoms. The van der Waals surface area contributed by atoms with Crippen molar-refractivity contribution in [2.24, 2.45) is 0 Å². The number of thiophene rings is 1. The fourth-order valence-electron chi connectivity index (χ4n) is 2.47. The van der Waals surface area contributed by atoms with Crippen LogP contribution in [0.15, 0.2) is 41.1 Å². The molecule has 1 fully saturated rings. The molecular formula is C16H18N2OS. The molecule has 104 valence electrons. The molecule has 0 bridgehead atoms. The van der Waals surface area contributed by atoms with Crippen LogP contribution >= 0.6 is 11.3 Å². The summed E-state index contributed by atoms with van der Waals surface area (Å²) in [4.78, 5) is 14.4. The minimum absolute atomic E-state index is 0.144. The van der Waals surface area contributed by atoms with Crippen LogP contribution in [-0.2, 0) is 0 Å². The van der Waals surface area contributed by atoms with Crippen LogP contribution in [0.25, 0.3) is 11.1 Å². The molecule has 3 rings (SSSR count). The lowest BCUT2D eigenvalue weighted by molar-refractivity contribution is 0.0766. The molecule has 0 saturated carbocycles. The Kier molecular flexibility index (Phi) is 4.14. The van der Waals surface area contributed by atoms with E-state index in [-0.39, 0.29) is 5.91 Å². The van der Waals surface area contributed by atoms with Gasteiger partial charge in [-0.15, -0.1) is 0 Å². The number of carbonyl (C=O) groups is 1. The first-order valence-corrected chi connectivity index (χ1v) is 7.91. The van der Waals surface area contributed by atoms with E-state index in [1.54, 1.807) is 11.3 Å². The van der Waals surface area contributed by atoms with Crippen molar-refractivity contribution in [3.8, 4) is 11.1 Å². The maximum Gasteiger partial charge on any atom is 0.253 e. The van der Waals surface area contributed by atoms with Crippen molar-refractivity contribution in [3.05, 3.63) is 46.7 Å². The van der Waals surface area contributed by atoms with E-state index in [0.717, 1.165) is 38.2 Å². The molecule has 3 nitrogen and oxygen atoms in total. The number of nitrogens with one attached hydrogen (secondary N) is 1. The van der Waals surface area contributed by atoms with Crippen molar-refractivity contribution >= 4 is 17.2 Å². The van der Waals surface area contributed by atoms with Gasteiger partial charge in [-0.2, -0.15) is 11.3 Å². The summed E-state index contributed by atoms with van der Waals surface area (Å²) in [7, 11) is 0. The quantitative estimate of drug-likeness (QED) is 0.920. The van der Waals surface area contributed by atoms with Gasteiger partial charge >= 0.3 is 0 Å². The predicted octanol–water partition coefficient (Wildman–Crippen LogP) is 2.85. The SMILES string of the molecule is O=C(c1ccc(-c2ccsc2)cc1)N1CCCNCC1. The van der Waals surface area contributed by atoms with Crippen LogP contribution in [-0.4, -0.2) is 37.0 Å². The van der Waals surface area contributed by atoms with E-state index >= 15 is 0 Å². The minimum Gasteiger partial charge on any atom is -0.337 e. The summed E-state index contributed by atoms with van der Waals surface area (Å²) in [5.41, 5.74) is 3.17. The molecule has 0 aliphatic carbocycles. The first-order valence-electron chi connectivity index (χ1n) is 6.97. The third kappa shape index (κ3) is 2.92. The molecule has 1 aliphatic rings. The van der Waals surface area contributed by atoms with E-state index in [9.17, 15) is 4.79 Å². The van der Waals surface area contributed by atoms with E-state index in [1.165, 1.54) is 11.1 Å². The van der Waals surface area contributed by atoms with Gasteiger partial charge < -0.3 is 10.2 Å². The summed E-state index contributed by atoms with van der Waals surface area (Å²) in [5.74, 6) is 0.144. The summed E-state index contributed by atoms with van der Waals surface area (Å²) in [6.07, 6.45) is 1.03. The zero-order valence-electron chi connectivity index (χ0n) is 11.3. The number of hydrogen-bond donors (Lipinski definition) is 1. The van der Waals surface area contributed by atoms with Crippen LogP contribution in [0.3, 0.4) is 0 Å². The highest BCUT2D eigenvalue weighted by atomic mass is 32.1. The molecular weight excluding hydrogens is 268 g/mol. The number of amides is 1.